The van der Waals surface area contributed by atoms with Crippen LogP contribution >= 0.6 is 12.6 Å². The highest BCUT2D eigenvalue weighted by Gasteiger charge is 2.08. The molecule has 0 fully saturated rings. The van der Waals surface area contributed by atoms with Crippen molar-refractivity contribution in [1.29, 1.82) is 0 Å². The summed E-state index contributed by atoms with van der Waals surface area (Å²) in [5.41, 5.74) is 4.17. The van der Waals surface area contributed by atoms with Gasteiger partial charge in [-0.05, 0) is 37.6 Å². The Balaban J connectivity index is 2.45. The van der Waals surface area contributed by atoms with Crippen LogP contribution < -0.4 is 4.74 Å². The number of aryl methyl sites for hydroxylation is 1. The Kier molecular flexibility index (Phi) is 4.26. The Hall–Kier alpha value is -1.48. The van der Waals surface area contributed by atoms with E-state index < -0.39 is 0 Å². The topological polar surface area (TPSA) is 22.1 Å². The molecule has 0 saturated heterocycles. The summed E-state index contributed by atoms with van der Waals surface area (Å²) in [4.78, 5) is 4.63. The van der Waals surface area contributed by atoms with E-state index in [1.165, 1.54) is 0 Å². The van der Waals surface area contributed by atoms with Crippen LogP contribution in [-0.2, 0) is 5.75 Å². The van der Waals surface area contributed by atoms with Crippen molar-refractivity contribution < 1.29 is 4.74 Å². The highest BCUT2D eigenvalue weighted by atomic mass is 32.1. The number of hydrogen-bond donors (Lipinski definition) is 1. The van der Waals surface area contributed by atoms with Crippen molar-refractivity contribution in [2.24, 2.45) is 0 Å². The SMILES string of the molecule is CCOc1ccccc1-c1ccc(CS)c(C)n1. The summed E-state index contributed by atoms with van der Waals surface area (Å²) in [5.74, 6) is 1.59. The number of aromatic nitrogens is 1. The first kappa shape index (κ1) is 13.0. The van der Waals surface area contributed by atoms with Gasteiger partial charge in [0.05, 0.1) is 12.3 Å². The summed E-state index contributed by atoms with van der Waals surface area (Å²) in [6.07, 6.45) is 0. The number of hydrogen-bond acceptors (Lipinski definition) is 3. The molecule has 0 amide bonds. The fourth-order valence-corrected chi connectivity index (χ4v) is 2.20. The minimum absolute atomic E-state index is 0.657. The van der Waals surface area contributed by atoms with Crippen LogP contribution in [0.25, 0.3) is 11.3 Å². The fourth-order valence-electron chi connectivity index (χ4n) is 1.87. The molecule has 2 aromatic rings. The number of rotatable bonds is 4. The molecule has 0 radical (unpaired) electrons. The zero-order valence-electron chi connectivity index (χ0n) is 10.7. The van der Waals surface area contributed by atoms with Crippen molar-refractivity contribution in [3.05, 3.63) is 47.7 Å². The average molecular weight is 259 g/mol. The molecule has 2 nitrogen and oxygen atoms in total. The van der Waals surface area contributed by atoms with Crippen molar-refractivity contribution in [3.63, 3.8) is 0 Å². The quantitative estimate of drug-likeness (QED) is 0.842. The zero-order chi connectivity index (χ0) is 13.0. The second-order valence-corrected chi connectivity index (χ2v) is 4.34. The largest absolute Gasteiger partial charge is 0.493 e. The van der Waals surface area contributed by atoms with Crippen molar-refractivity contribution in [2.45, 2.75) is 19.6 Å². The average Bonchev–Trinajstić information content (AvgIpc) is 2.40. The van der Waals surface area contributed by atoms with E-state index in [0.29, 0.717) is 12.4 Å². The summed E-state index contributed by atoms with van der Waals surface area (Å²) in [6, 6.07) is 12.1. The molecule has 1 aromatic heterocycles. The minimum Gasteiger partial charge on any atom is -0.493 e. The van der Waals surface area contributed by atoms with Crippen LogP contribution in [0.5, 0.6) is 5.75 Å². The molecule has 94 valence electrons. The minimum atomic E-state index is 0.657. The molecule has 0 aliphatic rings. The van der Waals surface area contributed by atoms with Gasteiger partial charge in [0.15, 0.2) is 0 Å². The predicted octanol–water partition coefficient (Wildman–Crippen LogP) is 3.89. The fraction of sp³-hybridized carbons (Fsp3) is 0.267. The van der Waals surface area contributed by atoms with Crippen LogP contribution in [0, 0.1) is 6.92 Å². The van der Waals surface area contributed by atoms with Crippen LogP contribution in [-0.4, -0.2) is 11.6 Å². The lowest BCUT2D eigenvalue weighted by molar-refractivity contribution is 0.341. The van der Waals surface area contributed by atoms with Gasteiger partial charge in [0.2, 0.25) is 0 Å². The van der Waals surface area contributed by atoms with Gasteiger partial charge in [-0.1, -0.05) is 18.2 Å². The molecular weight excluding hydrogens is 242 g/mol. The molecule has 0 saturated carbocycles. The van der Waals surface area contributed by atoms with Gasteiger partial charge in [-0.25, -0.2) is 0 Å². The Morgan fingerprint density at radius 2 is 1.94 bits per heavy atom. The summed E-state index contributed by atoms with van der Waals surface area (Å²) in [7, 11) is 0. The van der Waals surface area contributed by atoms with E-state index in [1.54, 1.807) is 0 Å². The van der Waals surface area contributed by atoms with Gasteiger partial charge in [-0.15, -0.1) is 0 Å². The van der Waals surface area contributed by atoms with E-state index in [9.17, 15) is 0 Å². The second-order valence-electron chi connectivity index (χ2n) is 4.03. The molecule has 0 spiro atoms. The number of ether oxygens (including phenoxy) is 1. The lowest BCUT2D eigenvalue weighted by atomic mass is 10.1. The Labute approximate surface area is 113 Å². The van der Waals surface area contributed by atoms with Gasteiger partial charge in [-0.2, -0.15) is 12.6 Å². The number of nitrogens with zero attached hydrogens (tertiary/aromatic N) is 1. The van der Waals surface area contributed by atoms with Crippen molar-refractivity contribution in [1.82, 2.24) is 4.98 Å². The van der Waals surface area contributed by atoms with Crippen molar-refractivity contribution >= 4 is 12.6 Å². The number of para-hydroxylation sites is 1. The first-order chi connectivity index (χ1) is 8.76. The molecule has 1 aromatic carbocycles. The Bertz CT molecular complexity index is 540. The summed E-state index contributed by atoms with van der Waals surface area (Å²) < 4.78 is 5.63. The van der Waals surface area contributed by atoms with Gasteiger partial charge < -0.3 is 4.74 Å². The van der Waals surface area contributed by atoms with E-state index in [0.717, 1.165) is 28.3 Å². The first-order valence-corrected chi connectivity index (χ1v) is 6.69. The first-order valence-electron chi connectivity index (χ1n) is 6.05. The molecule has 0 aliphatic heterocycles. The number of benzene rings is 1. The predicted molar refractivity (Wildman–Crippen MR) is 78.3 cm³/mol. The monoisotopic (exact) mass is 259 g/mol. The third-order valence-electron chi connectivity index (χ3n) is 2.83. The molecule has 18 heavy (non-hydrogen) atoms. The van der Waals surface area contributed by atoms with Crippen LogP contribution in [0.4, 0.5) is 0 Å². The van der Waals surface area contributed by atoms with E-state index >= 15 is 0 Å². The normalized spacial score (nSPS) is 10.4. The van der Waals surface area contributed by atoms with Gasteiger partial charge in [-0.3, -0.25) is 4.98 Å². The van der Waals surface area contributed by atoms with Crippen LogP contribution in [0.1, 0.15) is 18.2 Å². The van der Waals surface area contributed by atoms with Crippen molar-refractivity contribution in [3.8, 4) is 17.0 Å². The molecule has 0 atom stereocenters. The highest BCUT2D eigenvalue weighted by molar-refractivity contribution is 7.79. The Morgan fingerprint density at radius 1 is 1.17 bits per heavy atom. The molecule has 0 unspecified atom stereocenters. The van der Waals surface area contributed by atoms with E-state index in [1.807, 2.05) is 44.2 Å². The third-order valence-corrected chi connectivity index (χ3v) is 3.17. The van der Waals surface area contributed by atoms with Gasteiger partial charge in [0.25, 0.3) is 0 Å². The summed E-state index contributed by atoms with van der Waals surface area (Å²) >= 11 is 4.29. The maximum absolute atomic E-state index is 5.63. The van der Waals surface area contributed by atoms with Crippen LogP contribution in [0.15, 0.2) is 36.4 Å². The number of pyridine rings is 1. The zero-order valence-corrected chi connectivity index (χ0v) is 11.6. The van der Waals surface area contributed by atoms with Crippen LogP contribution in [0.2, 0.25) is 0 Å². The van der Waals surface area contributed by atoms with Gasteiger partial charge in [0.1, 0.15) is 5.75 Å². The molecular formula is C15H17NOS. The molecule has 0 N–H and O–H groups in total. The Morgan fingerprint density at radius 3 is 2.61 bits per heavy atom. The molecule has 0 bridgehead atoms. The molecule has 0 aliphatic carbocycles. The summed E-state index contributed by atoms with van der Waals surface area (Å²) in [6.45, 7) is 4.66. The molecule has 3 heteroatoms. The smallest absolute Gasteiger partial charge is 0.128 e. The third kappa shape index (κ3) is 2.67. The highest BCUT2D eigenvalue weighted by Crippen LogP contribution is 2.29. The lowest BCUT2D eigenvalue weighted by Gasteiger charge is -2.11. The molecule has 1 heterocycles. The van der Waals surface area contributed by atoms with Crippen molar-refractivity contribution in [2.75, 3.05) is 6.61 Å². The summed E-state index contributed by atoms with van der Waals surface area (Å²) in [5, 5.41) is 0. The van der Waals surface area contributed by atoms with E-state index in [4.69, 9.17) is 4.74 Å². The number of thiol groups is 1. The standard InChI is InChI=1S/C15H17NOS/c1-3-17-15-7-5-4-6-13(15)14-9-8-12(10-18)11(2)16-14/h4-9,18H,3,10H2,1-2H3. The van der Waals surface area contributed by atoms with Gasteiger partial charge in [0, 0.05) is 17.0 Å². The molecule has 2 rings (SSSR count). The second kappa shape index (κ2) is 5.91. The van der Waals surface area contributed by atoms with Crippen LogP contribution in [0.3, 0.4) is 0 Å². The van der Waals surface area contributed by atoms with E-state index in [2.05, 4.69) is 23.7 Å². The maximum Gasteiger partial charge on any atom is 0.128 e. The lowest BCUT2D eigenvalue weighted by Crippen LogP contribution is -1.97. The maximum atomic E-state index is 5.63. The van der Waals surface area contributed by atoms with Gasteiger partial charge >= 0.3 is 0 Å². The van der Waals surface area contributed by atoms with E-state index in [-0.39, 0.29) is 0 Å².